The summed E-state index contributed by atoms with van der Waals surface area (Å²) in [5, 5.41) is 1.88. The van der Waals surface area contributed by atoms with E-state index in [9.17, 15) is 9.59 Å². The third-order valence-corrected chi connectivity index (χ3v) is 9.95. The Kier molecular flexibility index (Phi) is 4.61. The maximum Gasteiger partial charge on any atom is 0.353 e. The SMILES string of the molecule is CN1C(=O)[C@]2(C(c3c[nH]c4ccccc34)[C@]3(C(=O)N(C)C(N)=[N+]3C)C2c2c[nH]c3cc(Br)ccc23)[N+](C)=C1N. The normalized spacial score (nSPS) is 28.8. The first-order chi connectivity index (χ1) is 18.6. The zero-order chi connectivity index (χ0) is 27.6. The Hall–Kier alpha value is -4.12. The second kappa shape index (κ2) is 7.50. The number of nitrogens with one attached hydrogen (secondary N) is 2. The van der Waals surface area contributed by atoms with Gasteiger partial charge < -0.3 is 9.97 Å². The number of H-pyrrole nitrogens is 2. The standard InChI is InChI=1S/C28H27BrN8O2/c1-34-23(38)27(36(3)25(34)30)21(17-12-32-19-8-6-5-7-15(17)19)28(24(39)35(2)26(31)37(28)4)22(27)18-13-33-20-11-14(29)9-10-16(18)20/h5-13,21-22,30-33H,1-4H3/p+2/t21?,22?,27-,28-/m1/s1. The zero-order valence-electron chi connectivity index (χ0n) is 22.0. The summed E-state index contributed by atoms with van der Waals surface area (Å²) in [6.07, 6.45) is 3.84. The van der Waals surface area contributed by atoms with Gasteiger partial charge in [-0.05, 0) is 29.3 Å². The molecule has 2 amide bonds. The van der Waals surface area contributed by atoms with Crippen LogP contribution in [0.4, 0.5) is 0 Å². The van der Waals surface area contributed by atoms with Crippen LogP contribution in [-0.4, -0.2) is 91.9 Å². The fourth-order valence-corrected chi connectivity index (χ4v) is 8.04. The number of hydrogen-bond acceptors (Lipinski definition) is 4. The lowest BCUT2D eigenvalue weighted by Gasteiger charge is -2.60. The molecule has 0 bridgehead atoms. The molecule has 2 aromatic heterocycles. The molecule has 4 aromatic rings. The third-order valence-electron chi connectivity index (χ3n) is 9.46. The van der Waals surface area contributed by atoms with E-state index in [1.54, 1.807) is 14.1 Å². The van der Waals surface area contributed by atoms with Gasteiger partial charge in [-0.1, -0.05) is 40.2 Å². The highest BCUT2D eigenvalue weighted by Gasteiger charge is 2.89. The van der Waals surface area contributed by atoms with Gasteiger partial charge in [0.2, 0.25) is 11.1 Å². The fourth-order valence-electron chi connectivity index (χ4n) is 7.68. The molecule has 1 aliphatic carbocycles. The van der Waals surface area contributed by atoms with Crippen molar-refractivity contribution in [3.8, 4) is 0 Å². The van der Waals surface area contributed by atoms with Crippen LogP contribution in [-0.2, 0) is 9.59 Å². The van der Waals surface area contributed by atoms with Crippen LogP contribution in [0.15, 0.2) is 59.3 Å². The molecule has 198 valence electrons. The van der Waals surface area contributed by atoms with E-state index < -0.39 is 22.9 Å². The van der Waals surface area contributed by atoms with Crippen LogP contribution < -0.4 is 11.5 Å². The molecule has 0 saturated heterocycles. The van der Waals surface area contributed by atoms with Crippen molar-refractivity contribution < 1.29 is 18.7 Å². The molecule has 11 heteroatoms. The number of carbonyl (C=O) groups is 2. The van der Waals surface area contributed by atoms with Gasteiger partial charge in [0.25, 0.3) is 0 Å². The molecule has 3 aliphatic rings. The minimum atomic E-state index is -1.19. The largest absolute Gasteiger partial charge is 0.361 e. The predicted molar refractivity (Wildman–Crippen MR) is 152 cm³/mol. The first-order valence-corrected chi connectivity index (χ1v) is 13.5. The van der Waals surface area contributed by atoms with E-state index in [2.05, 4.69) is 25.9 Å². The van der Waals surface area contributed by atoms with Gasteiger partial charge in [-0.2, -0.15) is 0 Å². The number of benzene rings is 2. The van der Waals surface area contributed by atoms with Gasteiger partial charge in [0.1, 0.15) is 0 Å². The van der Waals surface area contributed by atoms with E-state index in [-0.39, 0.29) is 11.8 Å². The van der Waals surface area contributed by atoms with Gasteiger partial charge in [0.05, 0.1) is 40.0 Å². The lowest BCUT2D eigenvalue weighted by Crippen LogP contribution is -2.81. The maximum atomic E-state index is 14.6. The number of nitrogens with zero attached hydrogens (tertiary/aromatic N) is 4. The summed E-state index contributed by atoms with van der Waals surface area (Å²) < 4.78 is 4.66. The molecular weight excluding hydrogens is 560 g/mol. The number of fused-ring (bicyclic) bond motifs is 2. The quantitative estimate of drug-likeness (QED) is 0.265. The minimum Gasteiger partial charge on any atom is -0.361 e. The Morgan fingerprint density at radius 3 is 1.79 bits per heavy atom. The van der Waals surface area contributed by atoms with Crippen molar-refractivity contribution >= 4 is 61.5 Å². The Labute approximate surface area is 232 Å². The van der Waals surface area contributed by atoms with Crippen LogP contribution in [0.25, 0.3) is 21.8 Å². The number of hydrogen-bond donors (Lipinski definition) is 4. The highest BCUT2D eigenvalue weighted by atomic mass is 79.9. The highest BCUT2D eigenvalue weighted by molar-refractivity contribution is 9.10. The van der Waals surface area contributed by atoms with Crippen molar-refractivity contribution in [3.05, 3.63) is 70.5 Å². The molecule has 10 nitrogen and oxygen atoms in total. The number of aromatic amines is 2. The Morgan fingerprint density at radius 2 is 1.28 bits per heavy atom. The molecule has 1 fully saturated rings. The van der Waals surface area contributed by atoms with Crippen molar-refractivity contribution in [2.45, 2.75) is 22.9 Å². The summed E-state index contributed by atoms with van der Waals surface area (Å²) in [5.41, 5.74) is 14.3. The van der Waals surface area contributed by atoms with Crippen molar-refractivity contribution in [1.29, 1.82) is 0 Å². The predicted octanol–water partition coefficient (Wildman–Crippen LogP) is 1.63. The molecule has 2 atom stereocenters. The van der Waals surface area contributed by atoms with E-state index in [1.165, 1.54) is 9.80 Å². The Bertz CT molecular complexity index is 1780. The number of halogens is 1. The van der Waals surface area contributed by atoms with Crippen LogP contribution in [0.2, 0.25) is 0 Å². The van der Waals surface area contributed by atoms with E-state index in [0.29, 0.717) is 11.9 Å². The van der Waals surface area contributed by atoms with Gasteiger partial charge in [-0.3, -0.25) is 21.1 Å². The van der Waals surface area contributed by atoms with E-state index >= 15 is 0 Å². The van der Waals surface area contributed by atoms with Crippen LogP contribution in [0.5, 0.6) is 0 Å². The topological polar surface area (TPSA) is 130 Å². The number of para-hydroxylation sites is 1. The van der Waals surface area contributed by atoms with Crippen LogP contribution >= 0.6 is 15.9 Å². The van der Waals surface area contributed by atoms with Gasteiger partial charge in [-0.15, -0.1) is 0 Å². The number of nitrogens with two attached hydrogens (primary N) is 2. The zero-order valence-corrected chi connectivity index (χ0v) is 23.6. The molecule has 2 aromatic carbocycles. The average molecular weight is 589 g/mol. The lowest BCUT2D eigenvalue weighted by molar-refractivity contribution is -0.664. The molecule has 1 saturated carbocycles. The smallest absolute Gasteiger partial charge is 0.353 e. The number of likely N-dealkylation sites (N-methyl/N-ethyl adjacent to an activating group) is 4. The summed E-state index contributed by atoms with van der Waals surface area (Å²) in [6, 6.07) is 13.9. The summed E-state index contributed by atoms with van der Waals surface area (Å²) >= 11 is 3.56. The molecule has 0 radical (unpaired) electrons. The molecule has 0 unspecified atom stereocenters. The summed E-state index contributed by atoms with van der Waals surface area (Å²) in [7, 11) is 7.08. The van der Waals surface area contributed by atoms with E-state index in [4.69, 9.17) is 11.5 Å². The van der Waals surface area contributed by atoms with Gasteiger partial charge >= 0.3 is 23.7 Å². The minimum absolute atomic E-state index is 0.158. The Morgan fingerprint density at radius 1 is 0.795 bits per heavy atom. The first-order valence-electron chi connectivity index (χ1n) is 12.7. The molecule has 6 N–H and O–H groups in total. The fraction of sp³-hybridized carbons (Fsp3) is 0.286. The maximum absolute atomic E-state index is 14.6. The number of rotatable bonds is 2. The monoisotopic (exact) mass is 588 g/mol. The Balaban J connectivity index is 1.63. The van der Waals surface area contributed by atoms with Gasteiger partial charge in [-0.25, -0.2) is 19.0 Å². The second-order valence-electron chi connectivity index (χ2n) is 10.8. The number of guanidine groups is 2. The van der Waals surface area contributed by atoms with Gasteiger partial charge in [0.15, 0.2) is 0 Å². The highest BCUT2D eigenvalue weighted by Crippen LogP contribution is 2.69. The molecule has 2 spiro atoms. The van der Waals surface area contributed by atoms with Crippen LogP contribution in [0.1, 0.15) is 23.0 Å². The number of amides is 2. The number of aromatic nitrogens is 2. The first kappa shape index (κ1) is 24.0. The summed E-state index contributed by atoms with van der Waals surface area (Å²) in [5.74, 6) is -0.853. The second-order valence-corrected chi connectivity index (χ2v) is 11.7. The lowest BCUT2D eigenvalue weighted by atomic mass is 9.42. The summed E-state index contributed by atoms with van der Waals surface area (Å²) in [4.78, 5) is 38.9. The van der Waals surface area contributed by atoms with Gasteiger partial charge in [0, 0.05) is 38.7 Å². The van der Waals surface area contributed by atoms with Crippen molar-refractivity contribution in [2.24, 2.45) is 11.5 Å². The van der Waals surface area contributed by atoms with Crippen LogP contribution in [0, 0.1) is 0 Å². The third kappa shape index (κ3) is 2.48. The molecule has 7 rings (SSSR count). The number of carbonyl (C=O) groups excluding carboxylic acids is 2. The van der Waals surface area contributed by atoms with Crippen molar-refractivity contribution in [1.82, 2.24) is 19.8 Å². The molecule has 39 heavy (non-hydrogen) atoms. The molecule has 2 aliphatic heterocycles. The van der Waals surface area contributed by atoms with Crippen LogP contribution in [0.3, 0.4) is 0 Å². The van der Waals surface area contributed by atoms with E-state index in [0.717, 1.165) is 37.4 Å². The summed E-state index contributed by atoms with van der Waals surface area (Å²) in [6.45, 7) is 0. The average Bonchev–Trinajstić information content (AvgIpc) is 3.61. The van der Waals surface area contributed by atoms with Crippen molar-refractivity contribution in [2.75, 3.05) is 28.2 Å². The molecule has 4 heterocycles. The van der Waals surface area contributed by atoms with E-state index in [1.807, 2.05) is 78.1 Å². The molecular formula is C28H29BrN8O2+2. The van der Waals surface area contributed by atoms with Crippen molar-refractivity contribution in [3.63, 3.8) is 0 Å².